The lowest BCUT2D eigenvalue weighted by Crippen LogP contribution is -2.65. The van der Waals surface area contributed by atoms with E-state index in [4.69, 9.17) is 10.8 Å². The summed E-state index contributed by atoms with van der Waals surface area (Å²) in [5.74, 6) is -0.870. The Kier molecular flexibility index (Phi) is 2.93. The van der Waals surface area contributed by atoms with Crippen LogP contribution in [0.4, 0.5) is 0 Å². The molecular formula is C9H18N2O2. The Morgan fingerprint density at radius 2 is 2.38 bits per heavy atom. The molecule has 0 spiro atoms. The molecule has 0 aromatic carbocycles. The van der Waals surface area contributed by atoms with Gasteiger partial charge < -0.3 is 15.7 Å². The van der Waals surface area contributed by atoms with Gasteiger partial charge in [-0.1, -0.05) is 6.92 Å². The maximum absolute atomic E-state index is 11.0. The van der Waals surface area contributed by atoms with Gasteiger partial charge in [0.2, 0.25) is 0 Å². The molecule has 1 aliphatic rings. The molecule has 4 heteroatoms. The Labute approximate surface area is 78.7 Å². The van der Waals surface area contributed by atoms with Crippen molar-refractivity contribution in [3.63, 3.8) is 0 Å². The van der Waals surface area contributed by atoms with Crippen molar-refractivity contribution in [1.29, 1.82) is 0 Å². The number of nitrogens with two attached hydrogens (primary N) is 1. The van der Waals surface area contributed by atoms with Crippen LogP contribution in [0.1, 0.15) is 26.2 Å². The first kappa shape index (κ1) is 10.5. The highest BCUT2D eigenvalue weighted by Crippen LogP contribution is 2.26. The van der Waals surface area contributed by atoms with Crippen molar-refractivity contribution in [3.8, 4) is 0 Å². The number of nitrogens with zero attached hydrogens (tertiary/aromatic N) is 1. The number of piperidine rings is 1. The van der Waals surface area contributed by atoms with Gasteiger partial charge in [0.05, 0.1) is 0 Å². The summed E-state index contributed by atoms with van der Waals surface area (Å²) in [5.41, 5.74) is 4.87. The molecule has 1 saturated heterocycles. The topological polar surface area (TPSA) is 66.6 Å². The Morgan fingerprint density at radius 3 is 2.77 bits per heavy atom. The van der Waals surface area contributed by atoms with Gasteiger partial charge in [0, 0.05) is 6.04 Å². The lowest BCUT2D eigenvalue weighted by atomic mass is 9.81. The van der Waals surface area contributed by atoms with E-state index in [2.05, 4.69) is 4.90 Å². The molecule has 0 amide bonds. The fourth-order valence-corrected chi connectivity index (χ4v) is 2.26. The highest BCUT2D eigenvalue weighted by atomic mass is 16.4. The standard InChI is InChI=1S/C9H18N2O2/c1-3-7-9(10,8(12)13)5-4-6-11(7)2/h7H,3-6,10H2,1-2H3,(H,12,13). The Balaban J connectivity index is 2.86. The maximum Gasteiger partial charge on any atom is 0.325 e. The molecular weight excluding hydrogens is 168 g/mol. The molecule has 0 bridgehead atoms. The Hall–Kier alpha value is -0.610. The third-order valence-electron chi connectivity index (χ3n) is 3.01. The second kappa shape index (κ2) is 3.64. The summed E-state index contributed by atoms with van der Waals surface area (Å²) < 4.78 is 0. The van der Waals surface area contributed by atoms with Crippen LogP contribution in [0.25, 0.3) is 0 Å². The average Bonchev–Trinajstić information content (AvgIpc) is 2.04. The van der Waals surface area contributed by atoms with Gasteiger partial charge in [-0.05, 0) is 32.9 Å². The Bertz CT molecular complexity index is 208. The summed E-state index contributed by atoms with van der Waals surface area (Å²) in [6.07, 6.45) is 2.25. The normalized spacial score (nSPS) is 36.1. The van der Waals surface area contributed by atoms with Crippen LogP contribution < -0.4 is 5.73 Å². The van der Waals surface area contributed by atoms with Crippen molar-refractivity contribution in [1.82, 2.24) is 4.90 Å². The molecule has 1 heterocycles. The SMILES string of the molecule is CCC1N(C)CCCC1(N)C(=O)O. The van der Waals surface area contributed by atoms with Crippen LogP contribution in [0.15, 0.2) is 0 Å². The molecule has 0 aromatic rings. The van der Waals surface area contributed by atoms with Gasteiger partial charge in [-0.2, -0.15) is 0 Å². The maximum atomic E-state index is 11.0. The first-order valence-electron chi connectivity index (χ1n) is 4.75. The van der Waals surface area contributed by atoms with Gasteiger partial charge >= 0.3 is 5.97 Å². The van der Waals surface area contributed by atoms with Gasteiger partial charge in [0.1, 0.15) is 5.54 Å². The number of hydrogen-bond acceptors (Lipinski definition) is 3. The number of likely N-dealkylation sites (tertiary alicyclic amines) is 1. The van der Waals surface area contributed by atoms with E-state index in [0.29, 0.717) is 6.42 Å². The smallest absolute Gasteiger partial charge is 0.325 e. The van der Waals surface area contributed by atoms with Crippen molar-refractivity contribution in [2.75, 3.05) is 13.6 Å². The van der Waals surface area contributed by atoms with Crippen molar-refractivity contribution >= 4 is 5.97 Å². The van der Waals surface area contributed by atoms with Crippen LogP contribution in [0.2, 0.25) is 0 Å². The monoisotopic (exact) mass is 186 g/mol. The number of aliphatic carboxylic acids is 1. The molecule has 13 heavy (non-hydrogen) atoms. The molecule has 0 aromatic heterocycles. The fourth-order valence-electron chi connectivity index (χ4n) is 2.26. The molecule has 2 unspecified atom stereocenters. The van der Waals surface area contributed by atoms with Gasteiger partial charge in [-0.3, -0.25) is 4.79 Å². The molecule has 1 rings (SSSR count). The molecule has 0 aliphatic carbocycles. The summed E-state index contributed by atoms with van der Waals surface area (Å²) in [7, 11) is 1.94. The summed E-state index contributed by atoms with van der Waals surface area (Å²) in [6.45, 7) is 2.93. The minimum Gasteiger partial charge on any atom is -0.480 e. The molecule has 3 N–H and O–H groups in total. The number of likely N-dealkylation sites (N-methyl/N-ethyl adjacent to an activating group) is 1. The highest BCUT2D eigenvalue weighted by Gasteiger charge is 2.45. The second-order valence-electron chi connectivity index (χ2n) is 3.85. The number of rotatable bonds is 2. The van der Waals surface area contributed by atoms with Crippen molar-refractivity contribution in [2.45, 2.75) is 37.8 Å². The van der Waals surface area contributed by atoms with Crippen LogP contribution in [0, 0.1) is 0 Å². The average molecular weight is 186 g/mol. The number of carboxylic acid groups (broad SMARTS) is 1. The second-order valence-corrected chi connectivity index (χ2v) is 3.85. The summed E-state index contributed by atoms with van der Waals surface area (Å²) in [4.78, 5) is 13.1. The molecule has 2 atom stereocenters. The van der Waals surface area contributed by atoms with E-state index in [1.807, 2.05) is 14.0 Å². The van der Waals surface area contributed by atoms with E-state index in [-0.39, 0.29) is 6.04 Å². The van der Waals surface area contributed by atoms with Crippen molar-refractivity contribution < 1.29 is 9.90 Å². The fraction of sp³-hybridized carbons (Fsp3) is 0.889. The number of carbonyl (C=O) groups is 1. The van der Waals surface area contributed by atoms with E-state index >= 15 is 0 Å². The first-order valence-corrected chi connectivity index (χ1v) is 4.75. The van der Waals surface area contributed by atoms with E-state index < -0.39 is 11.5 Å². The summed E-state index contributed by atoms with van der Waals surface area (Å²) >= 11 is 0. The molecule has 1 aliphatic heterocycles. The van der Waals surface area contributed by atoms with Gasteiger partial charge in [-0.15, -0.1) is 0 Å². The predicted molar refractivity (Wildman–Crippen MR) is 50.5 cm³/mol. The minimum absolute atomic E-state index is 0.0289. The van der Waals surface area contributed by atoms with Gasteiger partial charge in [0.25, 0.3) is 0 Å². The van der Waals surface area contributed by atoms with E-state index in [1.165, 1.54) is 0 Å². The molecule has 76 valence electrons. The van der Waals surface area contributed by atoms with Gasteiger partial charge in [0.15, 0.2) is 0 Å². The first-order chi connectivity index (χ1) is 6.02. The van der Waals surface area contributed by atoms with Gasteiger partial charge in [-0.25, -0.2) is 0 Å². The zero-order valence-electron chi connectivity index (χ0n) is 8.29. The van der Waals surface area contributed by atoms with Crippen LogP contribution in [-0.2, 0) is 4.79 Å². The lowest BCUT2D eigenvalue weighted by molar-refractivity contribution is -0.148. The van der Waals surface area contributed by atoms with E-state index in [9.17, 15) is 4.79 Å². The molecule has 4 nitrogen and oxygen atoms in total. The predicted octanol–water partition coefficient (Wildman–Crippen LogP) is 0.273. The molecule has 1 fully saturated rings. The van der Waals surface area contributed by atoms with Crippen LogP contribution >= 0.6 is 0 Å². The Morgan fingerprint density at radius 1 is 1.77 bits per heavy atom. The largest absolute Gasteiger partial charge is 0.480 e. The third-order valence-corrected chi connectivity index (χ3v) is 3.01. The number of carboxylic acids is 1. The summed E-state index contributed by atoms with van der Waals surface area (Å²) in [5, 5.41) is 9.07. The van der Waals surface area contributed by atoms with Crippen LogP contribution in [-0.4, -0.2) is 41.1 Å². The summed E-state index contributed by atoms with van der Waals surface area (Å²) in [6, 6.07) is -0.0289. The zero-order chi connectivity index (χ0) is 10.1. The molecule has 0 radical (unpaired) electrons. The molecule has 0 saturated carbocycles. The zero-order valence-corrected chi connectivity index (χ0v) is 8.29. The minimum atomic E-state index is -1.04. The van der Waals surface area contributed by atoms with Crippen molar-refractivity contribution in [2.24, 2.45) is 5.73 Å². The quantitative estimate of drug-likeness (QED) is 0.649. The highest BCUT2D eigenvalue weighted by molar-refractivity contribution is 5.79. The van der Waals surface area contributed by atoms with E-state index in [1.54, 1.807) is 0 Å². The lowest BCUT2D eigenvalue weighted by Gasteiger charge is -2.43. The number of hydrogen-bond donors (Lipinski definition) is 2. The van der Waals surface area contributed by atoms with Crippen LogP contribution in [0.3, 0.4) is 0 Å². The van der Waals surface area contributed by atoms with E-state index in [0.717, 1.165) is 19.4 Å². The van der Waals surface area contributed by atoms with Crippen LogP contribution in [0.5, 0.6) is 0 Å². The van der Waals surface area contributed by atoms with Crippen molar-refractivity contribution in [3.05, 3.63) is 0 Å². The third kappa shape index (κ3) is 1.69.